The fourth-order valence-corrected chi connectivity index (χ4v) is 5.34. The predicted octanol–water partition coefficient (Wildman–Crippen LogP) is 5.79. The van der Waals surface area contributed by atoms with Crippen molar-refractivity contribution in [3.8, 4) is 0 Å². The molecule has 0 bridgehead atoms. The lowest BCUT2D eigenvalue weighted by Gasteiger charge is -2.28. The third kappa shape index (κ3) is 4.42. The summed E-state index contributed by atoms with van der Waals surface area (Å²) < 4.78 is 2.40. The fourth-order valence-electron chi connectivity index (χ4n) is 5.00. The van der Waals surface area contributed by atoms with E-state index in [0.717, 1.165) is 28.7 Å². The van der Waals surface area contributed by atoms with Crippen LogP contribution in [0.4, 0.5) is 11.4 Å². The summed E-state index contributed by atoms with van der Waals surface area (Å²) in [6, 6.07) is 27.5. The molecule has 5 rings (SSSR count). The summed E-state index contributed by atoms with van der Waals surface area (Å²) in [5.41, 5.74) is 8.26. The molecular weight excluding hydrogens is 450 g/mol. The third-order valence-electron chi connectivity index (χ3n) is 6.86. The Bertz CT molecular complexity index is 1310. The number of aryl methyl sites for hydroxylation is 1. The van der Waals surface area contributed by atoms with E-state index >= 15 is 0 Å². The number of benzene rings is 2. The van der Waals surface area contributed by atoms with E-state index in [-0.39, 0.29) is 12.1 Å². The highest BCUT2D eigenvalue weighted by Crippen LogP contribution is 2.43. The van der Waals surface area contributed by atoms with Crippen molar-refractivity contribution in [1.82, 2.24) is 14.9 Å². The van der Waals surface area contributed by atoms with Crippen molar-refractivity contribution in [3.63, 3.8) is 0 Å². The lowest BCUT2D eigenvalue weighted by atomic mass is 9.96. The summed E-state index contributed by atoms with van der Waals surface area (Å²) in [4.78, 5) is 9.06. The van der Waals surface area contributed by atoms with Crippen molar-refractivity contribution < 1.29 is 0 Å². The number of nitrogens with zero attached hydrogens (tertiary/aromatic N) is 4. The highest BCUT2D eigenvalue weighted by Gasteiger charge is 2.42. The topological polar surface area (TPSA) is 36.3 Å². The van der Waals surface area contributed by atoms with E-state index in [1.54, 1.807) is 0 Å². The van der Waals surface area contributed by atoms with Gasteiger partial charge in [0.05, 0.1) is 17.8 Å². The quantitative estimate of drug-likeness (QED) is 0.353. The number of nitrogens with one attached hydrogen (secondary N) is 1. The third-order valence-corrected chi connectivity index (χ3v) is 7.17. The van der Waals surface area contributed by atoms with E-state index in [9.17, 15) is 0 Å². The van der Waals surface area contributed by atoms with Gasteiger partial charge in [-0.1, -0.05) is 36.4 Å². The number of hydrogen-bond acceptors (Lipinski definition) is 3. The standard InChI is InChI=1S/C29H31N5S/c1-20-18-25(21(2)33(20)19-22-10-6-5-7-11-22)28-27(26-12-8-9-17-30-26)31-29(35)34(28)24-15-13-23(14-16-24)32(3)4/h5-18,27-28H,19H2,1-4H3,(H,31,35)/t27-,28+/m0/s1. The Hall–Kier alpha value is -3.64. The summed E-state index contributed by atoms with van der Waals surface area (Å²) in [7, 11) is 4.11. The first kappa shape index (κ1) is 23.1. The van der Waals surface area contributed by atoms with Gasteiger partial charge in [-0.25, -0.2) is 0 Å². The van der Waals surface area contributed by atoms with Gasteiger partial charge in [0.25, 0.3) is 0 Å². The Morgan fingerprint density at radius 3 is 2.31 bits per heavy atom. The lowest BCUT2D eigenvalue weighted by molar-refractivity contribution is 0.563. The zero-order chi connectivity index (χ0) is 24.5. The van der Waals surface area contributed by atoms with Gasteiger partial charge in [0.2, 0.25) is 0 Å². The zero-order valence-corrected chi connectivity index (χ0v) is 21.5. The van der Waals surface area contributed by atoms with E-state index in [1.807, 2.05) is 18.3 Å². The van der Waals surface area contributed by atoms with Crippen molar-refractivity contribution in [2.75, 3.05) is 23.9 Å². The fraction of sp³-hybridized carbons (Fsp3) is 0.241. The normalized spacial score (nSPS) is 17.5. The highest BCUT2D eigenvalue weighted by atomic mass is 32.1. The minimum Gasteiger partial charge on any atom is -0.378 e. The van der Waals surface area contributed by atoms with Gasteiger partial charge < -0.3 is 19.7 Å². The first-order chi connectivity index (χ1) is 16.9. The molecule has 178 valence electrons. The van der Waals surface area contributed by atoms with Crippen molar-refractivity contribution in [3.05, 3.63) is 113 Å². The van der Waals surface area contributed by atoms with Crippen LogP contribution in [0.25, 0.3) is 0 Å². The molecule has 0 aliphatic carbocycles. The Kier molecular flexibility index (Phi) is 6.31. The monoisotopic (exact) mass is 481 g/mol. The molecule has 6 heteroatoms. The van der Waals surface area contributed by atoms with Crippen molar-refractivity contribution >= 4 is 28.7 Å². The molecule has 2 aromatic carbocycles. The molecule has 1 aliphatic rings. The smallest absolute Gasteiger partial charge is 0.174 e. The Balaban J connectivity index is 1.60. The van der Waals surface area contributed by atoms with Crippen LogP contribution >= 0.6 is 12.2 Å². The van der Waals surface area contributed by atoms with Gasteiger partial charge in [0.1, 0.15) is 0 Å². The molecule has 1 saturated heterocycles. The number of hydrogen-bond donors (Lipinski definition) is 1. The number of thiocarbonyl (C=S) groups is 1. The average Bonchev–Trinajstić information content (AvgIpc) is 3.36. The van der Waals surface area contributed by atoms with Gasteiger partial charge in [0.15, 0.2) is 5.11 Å². The van der Waals surface area contributed by atoms with Crippen LogP contribution in [-0.4, -0.2) is 28.8 Å². The Morgan fingerprint density at radius 1 is 0.943 bits per heavy atom. The van der Waals surface area contributed by atoms with Crippen LogP contribution in [0, 0.1) is 13.8 Å². The molecule has 0 amide bonds. The zero-order valence-electron chi connectivity index (χ0n) is 20.6. The maximum atomic E-state index is 5.92. The summed E-state index contributed by atoms with van der Waals surface area (Å²) in [5.74, 6) is 0. The largest absolute Gasteiger partial charge is 0.378 e. The molecule has 0 radical (unpaired) electrons. The van der Waals surface area contributed by atoms with Gasteiger partial charge in [0, 0.05) is 49.6 Å². The predicted molar refractivity (Wildman–Crippen MR) is 148 cm³/mol. The maximum absolute atomic E-state index is 5.92. The second-order valence-corrected chi connectivity index (χ2v) is 9.69. The first-order valence-corrected chi connectivity index (χ1v) is 12.3. The molecular formula is C29H31N5S. The van der Waals surface area contributed by atoms with E-state index in [4.69, 9.17) is 17.2 Å². The minimum atomic E-state index is -0.0529. The molecule has 2 aromatic heterocycles. The molecule has 0 unspecified atom stereocenters. The summed E-state index contributed by atoms with van der Waals surface area (Å²) in [6.45, 7) is 5.25. The van der Waals surface area contributed by atoms with Gasteiger partial charge in [-0.2, -0.15) is 0 Å². The molecule has 0 saturated carbocycles. The lowest BCUT2D eigenvalue weighted by Crippen LogP contribution is -2.29. The number of anilines is 2. The molecule has 0 spiro atoms. The van der Waals surface area contributed by atoms with Gasteiger partial charge >= 0.3 is 0 Å². The minimum absolute atomic E-state index is 0.0154. The highest BCUT2D eigenvalue weighted by molar-refractivity contribution is 7.80. The maximum Gasteiger partial charge on any atom is 0.174 e. The van der Waals surface area contributed by atoms with Gasteiger partial charge in [-0.05, 0) is 79.7 Å². The van der Waals surface area contributed by atoms with Crippen LogP contribution < -0.4 is 15.1 Å². The number of rotatable bonds is 6. The average molecular weight is 482 g/mol. The van der Waals surface area contributed by atoms with Crippen molar-refractivity contribution in [1.29, 1.82) is 0 Å². The summed E-state index contributed by atoms with van der Waals surface area (Å²) >= 11 is 5.92. The van der Waals surface area contributed by atoms with Crippen LogP contribution in [0.2, 0.25) is 0 Å². The van der Waals surface area contributed by atoms with E-state index in [2.05, 4.69) is 114 Å². The SMILES string of the molecule is Cc1cc([C@@H]2[C@H](c3ccccn3)NC(=S)N2c2ccc(N(C)C)cc2)c(C)n1Cc1ccccc1. The van der Waals surface area contributed by atoms with E-state index in [0.29, 0.717) is 0 Å². The molecule has 1 aliphatic heterocycles. The second kappa shape index (κ2) is 9.55. The van der Waals surface area contributed by atoms with Crippen molar-refractivity contribution in [2.45, 2.75) is 32.5 Å². The molecule has 4 aromatic rings. The van der Waals surface area contributed by atoms with E-state index in [1.165, 1.54) is 22.5 Å². The Morgan fingerprint density at radius 2 is 1.66 bits per heavy atom. The van der Waals surface area contributed by atoms with Gasteiger partial charge in [-0.15, -0.1) is 0 Å². The summed E-state index contributed by atoms with van der Waals surface area (Å²) in [6.07, 6.45) is 1.85. The summed E-state index contributed by atoms with van der Waals surface area (Å²) in [5, 5.41) is 4.30. The van der Waals surface area contributed by atoms with E-state index < -0.39 is 0 Å². The number of pyridine rings is 1. The van der Waals surface area contributed by atoms with Gasteiger partial charge in [-0.3, -0.25) is 4.98 Å². The van der Waals surface area contributed by atoms with Crippen molar-refractivity contribution in [2.24, 2.45) is 0 Å². The molecule has 5 nitrogen and oxygen atoms in total. The first-order valence-electron chi connectivity index (χ1n) is 11.9. The molecule has 2 atom stereocenters. The molecule has 1 fully saturated rings. The van der Waals surface area contributed by atoms with Crippen LogP contribution in [0.15, 0.2) is 85.1 Å². The van der Waals surface area contributed by atoms with Crippen LogP contribution in [0.5, 0.6) is 0 Å². The van der Waals surface area contributed by atoms with Crippen LogP contribution in [0.3, 0.4) is 0 Å². The second-order valence-electron chi connectivity index (χ2n) is 9.31. The van der Waals surface area contributed by atoms with Crippen LogP contribution in [0.1, 0.15) is 40.3 Å². The molecule has 3 heterocycles. The molecule has 1 N–H and O–H groups in total. The molecule has 35 heavy (non-hydrogen) atoms. The number of aromatic nitrogens is 2. The Labute approximate surface area is 213 Å². The van der Waals surface area contributed by atoms with Crippen LogP contribution in [-0.2, 0) is 6.54 Å².